The van der Waals surface area contributed by atoms with E-state index in [1.54, 1.807) is 0 Å². The first kappa shape index (κ1) is 16.0. The van der Waals surface area contributed by atoms with E-state index >= 15 is 0 Å². The van der Waals surface area contributed by atoms with Crippen molar-refractivity contribution in [1.29, 1.82) is 0 Å². The Morgan fingerprint density at radius 3 is 2.32 bits per heavy atom. The first-order chi connectivity index (χ1) is 9.24. The van der Waals surface area contributed by atoms with Crippen molar-refractivity contribution in [3.05, 3.63) is 0 Å². The lowest BCUT2D eigenvalue weighted by Gasteiger charge is -2.22. The zero-order chi connectivity index (χ0) is 13.9. The molecule has 0 unspecified atom stereocenters. The first-order valence-electron chi connectivity index (χ1n) is 7.82. The fraction of sp³-hybridized carbons (Fsp3) is 0.867. The van der Waals surface area contributed by atoms with E-state index in [1.807, 2.05) is 0 Å². The van der Waals surface area contributed by atoms with Crippen LogP contribution in [0.3, 0.4) is 0 Å². The fourth-order valence-electron chi connectivity index (χ4n) is 2.51. The molecular formula is C15H28N2O2. The molecule has 19 heavy (non-hydrogen) atoms. The molecule has 0 aromatic carbocycles. The van der Waals surface area contributed by atoms with E-state index in [1.165, 1.54) is 25.7 Å². The molecular weight excluding hydrogens is 240 g/mol. The maximum atomic E-state index is 11.7. The minimum absolute atomic E-state index is 0.205. The SMILES string of the molecule is CCCCCCCNC(=O)C(=O)NC1CCCCC1. The Morgan fingerprint density at radius 2 is 1.63 bits per heavy atom. The summed E-state index contributed by atoms with van der Waals surface area (Å²) in [6, 6.07) is 0.205. The van der Waals surface area contributed by atoms with Gasteiger partial charge in [0.15, 0.2) is 0 Å². The molecule has 1 fully saturated rings. The van der Waals surface area contributed by atoms with Crippen LogP contribution in [0.5, 0.6) is 0 Å². The molecule has 1 saturated carbocycles. The summed E-state index contributed by atoms with van der Waals surface area (Å²) in [5, 5.41) is 5.53. The van der Waals surface area contributed by atoms with Crippen molar-refractivity contribution in [2.45, 2.75) is 77.2 Å². The van der Waals surface area contributed by atoms with Crippen molar-refractivity contribution in [1.82, 2.24) is 10.6 Å². The Hall–Kier alpha value is -1.06. The van der Waals surface area contributed by atoms with Gasteiger partial charge in [0.25, 0.3) is 0 Å². The van der Waals surface area contributed by atoms with E-state index in [-0.39, 0.29) is 6.04 Å². The molecule has 0 aromatic heterocycles. The van der Waals surface area contributed by atoms with Crippen molar-refractivity contribution in [3.8, 4) is 0 Å². The maximum Gasteiger partial charge on any atom is 0.309 e. The van der Waals surface area contributed by atoms with Crippen LogP contribution in [0.25, 0.3) is 0 Å². The van der Waals surface area contributed by atoms with Gasteiger partial charge in [-0.1, -0.05) is 51.9 Å². The lowest BCUT2D eigenvalue weighted by atomic mass is 9.95. The van der Waals surface area contributed by atoms with E-state index in [0.717, 1.165) is 38.5 Å². The van der Waals surface area contributed by atoms with Gasteiger partial charge in [-0.05, 0) is 19.3 Å². The molecule has 4 nitrogen and oxygen atoms in total. The molecule has 0 radical (unpaired) electrons. The van der Waals surface area contributed by atoms with Gasteiger partial charge in [0.1, 0.15) is 0 Å². The third kappa shape index (κ3) is 7.19. The Bertz CT molecular complexity index is 273. The van der Waals surface area contributed by atoms with E-state index in [2.05, 4.69) is 17.6 Å². The third-order valence-corrected chi connectivity index (χ3v) is 3.71. The predicted molar refractivity (Wildman–Crippen MR) is 76.8 cm³/mol. The van der Waals surface area contributed by atoms with Crippen LogP contribution in [0.1, 0.15) is 71.1 Å². The fourth-order valence-corrected chi connectivity index (χ4v) is 2.51. The van der Waals surface area contributed by atoms with Gasteiger partial charge in [0, 0.05) is 12.6 Å². The van der Waals surface area contributed by atoms with Crippen molar-refractivity contribution in [2.24, 2.45) is 0 Å². The second kappa shape index (κ2) is 9.82. The molecule has 0 bridgehead atoms. The molecule has 4 heteroatoms. The van der Waals surface area contributed by atoms with Crippen LogP contribution in [-0.4, -0.2) is 24.4 Å². The second-order valence-corrected chi connectivity index (χ2v) is 5.48. The minimum atomic E-state index is -0.471. The topological polar surface area (TPSA) is 58.2 Å². The standard InChI is InChI=1S/C15H28N2O2/c1-2-3-4-5-9-12-16-14(18)15(19)17-13-10-7-6-8-11-13/h13H,2-12H2,1H3,(H,16,18)(H,17,19). The zero-order valence-electron chi connectivity index (χ0n) is 12.2. The van der Waals surface area contributed by atoms with Gasteiger partial charge < -0.3 is 10.6 Å². The van der Waals surface area contributed by atoms with E-state index in [4.69, 9.17) is 0 Å². The van der Waals surface area contributed by atoms with Crippen LogP contribution in [0, 0.1) is 0 Å². The van der Waals surface area contributed by atoms with Gasteiger partial charge in [-0.2, -0.15) is 0 Å². The molecule has 2 N–H and O–H groups in total. The first-order valence-corrected chi connectivity index (χ1v) is 7.82. The molecule has 0 saturated heterocycles. The highest BCUT2D eigenvalue weighted by atomic mass is 16.2. The molecule has 1 rings (SSSR count). The van der Waals surface area contributed by atoms with Crippen LogP contribution in [0.2, 0.25) is 0 Å². The highest BCUT2D eigenvalue weighted by Crippen LogP contribution is 2.17. The van der Waals surface area contributed by atoms with Gasteiger partial charge in [-0.3, -0.25) is 9.59 Å². The van der Waals surface area contributed by atoms with Gasteiger partial charge in [-0.25, -0.2) is 0 Å². The van der Waals surface area contributed by atoms with Crippen LogP contribution < -0.4 is 10.6 Å². The smallest absolute Gasteiger partial charge is 0.309 e. The number of hydrogen-bond donors (Lipinski definition) is 2. The number of rotatable bonds is 7. The maximum absolute atomic E-state index is 11.7. The van der Waals surface area contributed by atoms with Gasteiger partial charge in [-0.15, -0.1) is 0 Å². The summed E-state index contributed by atoms with van der Waals surface area (Å²) in [4.78, 5) is 23.2. The number of hydrogen-bond acceptors (Lipinski definition) is 2. The molecule has 2 amide bonds. The number of nitrogens with one attached hydrogen (secondary N) is 2. The Balaban J connectivity index is 2.06. The Labute approximate surface area is 116 Å². The highest BCUT2D eigenvalue weighted by Gasteiger charge is 2.19. The predicted octanol–water partition coefficient (Wildman–Crippen LogP) is 2.52. The molecule has 0 aromatic rings. The molecule has 110 valence electrons. The largest absolute Gasteiger partial charge is 0.348 e. The van der Waals surface area contributed by atoms with E-state index in [0.29, 0.717) is 6.54 Å². The molecule has 0 atom stereocenters. The summed E-state index contributed by atoms with van der Waals surface area (Å²) in [5.41, 5.74) is 0. The summed E-state index contributed by atoms with van der Waals surface area (Å²) in [5.74, 6) is -0.929. The lowest BCUT2D eigenvalue weighted by Crippen LogP contribution is -2.45. The molecule has 1 aliphatic carbocycles. The minimum Gasteiger partial charge on any atom is -0.348 e. The molecule has 1 aliphatic rings. The third-order valence-electron chi connectivity index (χ3n) is 3.71. The van der Waals surface area contributed by atoms with Crippen LogP contribution in [-0.2, 0) is 9.59 Å². The van der Waals surface area contributed by atoms with Crippen LogP contribution in [0.4, 0.5) is 0 Å². The molecule has 0 heterocycles. The number of amides is 2. The van der Waals surface area contributed by atoms with Gasteiger partial charge >= 0.3 is 11.8 Å². The van der Waals surface area contributed by atoms with Gasteiger partial charge in [0.2, 0.25) is 0 Å². The Morgan fingerprint density at radius 1 is 0.947 bits per heavy atom. The molecule has 0 spiro atoms. The lowest BCUT2D eigenvalue weighted by molar-refractivity contribution is -0.139. The average Bonchev–Trinajstić information content (AvgIpc) is 2.43. The van der Waals surface area contributed by atoms with Crippen molar-refractivity contribution < 1.29 is 9.59 Å². The molecule has 0 aliphatic heterocycles. The Kier molecular flexibility index (Phi) is 8.26. The summed E-state index contributed by atoms with van der Waals surface area (Å²) >= 11 is 0. The number of carbonyl (C=O) groups excluding carboxylic acids is 2. The van der Waals surface area contributed by atoms with Crippen molar-refractivity contribution in [3.63, 3.8) is 0 Å². The second-order valence-electron chi connectivity index (χ2n) is 5.48. The summed E-state index contributed by atoms with van der Waals surface area (Å²) in [6.07, 6.45) is 11.3. The zero-order valence-corrected chi connectivity index (χ0v) is 12.2. The van der Waals surface area contributed by atoms with Crippen LogP contribution in [0.15, 0.2) is 0 Å². The van der Waals surface area contributed by atoms with Crippen molar-refractivity contribution in [2.75, 3.05) is 6.54 Å². The van der Waals surface area contributed by atoms with Crippen molar-refractivity contribution >= 4 is 11.8 Å². The van der Waals surface area contributed by atoms with E-state index < -0.39 is 11.8 Å². The number of unbranched alkanes of at least 4 members (excludes halogenated alkanes) is 4. The summed E-state index contributed by atoms with van der Waals surface area (Å²) in [7, 11) is 0. The van der Waals surface area contributed by atoms with Crippen LogP contribution >= 0.6 is 0 Å². The van der Waals surface area contributed by atoms with Gasteiger partial charge in [0.05, 0.1) is 0 Å². The van der Waals surface area contributed by atoms with E-state index in [9.17, 15) is 9.59 Å². The number of carbonyl (C=O) groups is 2. The monoisotopic (exact) mass is 268 g/mol. The highest BCUT2D eigenvalue weighted by molar-refractivity contribution is 6.35. The summed E-state index contributed by atoms with van der Waals surface area (Å²) in [6.45, 7) is 2.79. The average molecular weight is 268 g/mol. The normalized spacial score (nSPS) is 16.1. The summed E-state index contributed by atoms with van der Waals surface area (Å²) < 4.78 is 0. The quantitative estimate of drug-likeness (QED) is 0.550.